The molecule has 1 heterocycles. The van der Waals surface area contributed by atoms with Gasteiger partial charge in [-0.05, 0) is 30.2 Å². The van der Waals surface area contributed by atoms with E-state index in [-0.39, 0.29) is 6.10 Å². The van der Waals surface area contributed by atoms with Crippen LogP contribution in [0.15, 0.2) is 5.11 Å². The molecule has 2 rings (SSSR count). The zero-order chi connectivity index (χ0) is 11.4. The molecule has 5 heteroatoms. The number of rotatable bonds is 5. The van der Waals surface area contributed by atoms with Gasteiger partial charge < -0.3 is 10.0 Å². The average Bonchev–Trinajstić information content (AvgIpc) is 3.07. The predicted octanol–water partition coefficient (Wildman–Crippen LogP) is 1.78. The van der Waals surface area contributed by atoms with E-state index >= 15 is 0 Å². The number of azide groups is 1. The molecule has 1 N–H and O–H groups in total. The zero-order valence-electron chi connectivity index (χ0n) is 9.62. The third-order valence-corrected chi connectivity index (χ3v) is 3.69. The molecule has 0 aromatic rings. The topological polar surface area (TPSA) is 72.2 Å². The smallest absolute Gasteiger partial charge is 0.0592 e. The number of nitrogens with zero attached hydrogens (tertiary/aromatic N) is 4. The molecule has 90 valence electrons. The fraction of sp³-hybridized carbons (Fsp3) is 1.00. The fourth-order valence-corrected chi connectivity index (χ4v) is 2.54. The Morgan fingerprint density at radius 1 is 1.38 bits per heavy atom. The first-order chi connectivity index (χ1) is 7.79. The maximum atomic E-state index is 9.93. The van der Waals surface area contributed by atoms with Crippen LogP contribution in [0.1, 0.15) is 25.7 Å². The first-order valence-corrected chi connectivity index (χ1v) is 6.21. The molecular weight excluding hydrogens is 204 g/mol. The van der Waals surface area contributed by atoms with Crippen molar-refractivity contribution in [3.8, 4) is 0 Å². The number of likely N-dealkylation sites (tertiary alicyclic amines) is 1. The van der Waals surface area contributed by atoms with Crippen molar-refractivity contribution in [1.29, 1.82) is 0 Å². The highest BCUT2D eigenvalue weighted by molar-refractivity contribution is 4.85. The van der Waals surface area contributed by atoms with E-state index in [1.807, 2.05) is 0 Å². The van der Waals surface area contributed by atoms with Crippen LogP contribution >= 0.6 is 0 Å². The maximum Gasteiger partial charge on any atom is 0.0592 e. The van der Waals surface area contributed by atoms with Gasteiger partial charge in [0.25, 0.3) is 0 Å². The molecule has 0 unspecified atom stereocenters. The minimum absolute atomic E-state index is 0.115. The molecule has 0 radical (unpaired) electrons. The summed E-state index contributed by atoms with van der Waals surface area (Å²) < 4.78 is 0. The van der Waals surface area contributed by atoms with Crippen LogP contribution in [-0.4, -0.2) is 42.3 Å². The van der Waals surface area contributed by atoms with Gasteiger partial charge in [-0.2, -0.15) is 0 Å². The molecule has 1 aliphatic heterocycles. The van der Waals surface area contributed by atoms with E-state index in [1.54, 1.807) is 0 Å². The number of hydrogen-bond acceptors (Lipinski definition) is 3. The van der Waals surface area contributed by atoms with E-state index in [0.29, 0.717) is 12.5 Å². The van der Waals surface area contributed by atoms with Gasteiger partial charge in [0.2, 0.25) is 0 Å². The summed E-state index contributed by atoms with van der Waals surface area (Å²) in [7, 11) is 0. The molecule has 5 nitrogen and oxygen atoms in total. The van der Waals surface area contributed by atoms with Crippen molar-refractivity contribution in [3.63, 3.8) is 0 Å². The van der Waals surface area contributed by atoms with Gasteiger partial charge in [-0.25, -0.2) is 0 Å². The van der Waals surface area contributed by atoms with Gasteiger partial charge in [-0.15, -0.1) is 0 Å². The fourth-order valence-electron chi connectivity index (χ4n) is 2.54. The lowest BCUT2D eigenvalue weighted by atomic mass is 9.90. The van der Waals surface area contributed by atoms with E-state index in [1.165, 1.54) is 19.3 Å². The zero-order valence-corrected chi connectivity index (χ0v) is 9.62. The van der Waals surface area contributed by atoms with Crippen LogP contribution < -0.4 is 0 Å². The van der Waals surface area contributed by atoms with Gasteiger partial charge in [0.15, 0.2) is 0 Å². The van der Waals surface area contributed by atoms with E-state index < -0.39 is 0 Å². The Morgan fingerprint density at radius 2 is 2.19 bits per heavy atom. The van der Waals surface area contributed by atoms with Crippen LogP contribution in [0.5, 0.6) is 0 Å². The molecule has 2 aliphatic rings. The van der Waals surface area contributed by atoms with Gasteiger partial charge in [0.05, 0.1) is 6.10 Å². The molecule has 2 atom stereocenters. The number of hydrogen-bond donors (Lipinski definition) is 1. The summed E-state index contributed by atoms with van der Waals surface area (Å²) in [6, 6.07) is 0. The standard InChI is InChI=1S/C11H20N4O/c12-14-13-4-6-15-5-3-11(16)10(8-15)7-9-1-2-9/h9-11,16H,1-8H2/t10-,11-/m1/s1. The van der Waals surface area contributed by atoms with Gasteiger partial charge in [0, 0.05) is 31.1 Å². The maximum absolute atomic E-state index is 9.93. The number of aliphatic hydroxyl groups excluding tert-OH is 1. The first kappa shape index (κ1) is 11.7. The second kappa shape index (κ2) is 5.53. The Balaban J connectivity index is 1.75. The van der Waals surface area contributed by atoms with Crippen LogP contribution in [0.3, 0.4) is 0 Å². The molecular formula is C11H20N4O. The molecule has 0 aromatic carbocycles. The largest absolute Gasteiger partial charge is 0.393 e. The summed E-state index contributed by atoms with van der Waals surface area (Å²) in [6.07, 6.45) is 4.63. The van der Waals surface area contributed by atoms with Crippen molar-refractivity contribution >= 4 is 0 Å². The second-order valence-electron chi connectivity index (χ2n) is 5.05. The molecule has 0 spiro atoms. The molecule has 2 fully saturated rings. The SMILES string of the molecule is [N-]=[N+]=NCCN1CC[C@@H](O)[C@H](CC2CC2)C1. The Hall–Kier alpha value is -0.770. The second-order valence-corrected chi connectivity index (χ2v) is 5.05. The van der Waals surface area contributed by atoms with Crippen molar-refractivity contribution in [3.05, 3.63) is 10.4 Å². The van der Waals surface area contributed by atoms with Gasteiger partial charge in [-0.1, -0.05) is 18.0 Å². The summed E-state index contributed by atoms with van der Waals surface area (Å²) in [5.41, 5.74) is 8.22. The molecule has 16 heavy (non-hydrogen) atoms. The Bertz CT molecular complexity index is 273. The summed E-state index contributed by atoms with van der Waals surface area (Å²) >= 11 is 0. The summed E-state index contributed by atoms with van der Waals surface area (Å²) in [6.45, 7) is 3.28. The Kier molecular flexibility index (Phi) is 4.04. The van der Waals surface area contributed by atoms with Crippen LogP contribution in [0.2, 0.25) is 0 Å². The lowest BCUT2D eigenvalue weighted by Crippen LogP contribution is -2.44. The molecule has 0 amide bonds. The third kappa shape index (κ3) is 3.37. The number of aliphatic hydroxyl groups is 1. The Morgan fingerprint density at radius 3 is 2.88 bits per heavy atom. The molecule has 0 bridgehead atoms. The lowest BCUT2D eigenvalue weighted by Gasteiger charge is -2.36. The summed E-state index contributed by atoms with van der Waals surface area (Å²) in [5, 5.41) is 13.5. The van der Waals surface area contributed by atoms with Crippen molar-refractivity contribution < 1.29 is 5.11 Å². The quantitative estimate of drug-likeness (QED) is 0.439. The van der Waals surface area contributed by atoms with Crippen LogP contribution in [0.4, 0.5) is 0 Å². The third-order valence-electron chi connectivity index (χ3n) is 3.69. The van der Waals surface area contributed by atoms with Crippen molar-refractivity contribution in [2.75, 3.05) is 26.2 Å². The molecule has 0 aromatic heterocycles. The molecule has 1 saturated heterocycles. The highest BCUT2D eigenvalue weighted by atomic mass is 16.3. The Labute approximate surface area is 96.1 Å². The lowest BCUT2D eigenvalue weighted by molar-refractivity contribution is 0.0217. The highest BCUT2D eigenvalue weighted by Gasteiger charge is 2.32. The van der Waals surface area contributed by atoms with E-state index in [0.717, 1.165) is 32.0 Å². The monoisotopic (exact) mass is 224 g/mol. The van der Waals surface area contributed by atoms with Crippen molar-refractivity contribution in [2.24, 2.45) is 17.0 Å². The number of piperidine rings is 1. The average molecular weight is 224 g/mol. The predicted molar refractivity (Wildman–Crippen MR) is 61.9 cm³/mol. The highest BCUT2D eigenvalue weighted by Crippen LogP contribution is 2.37. The minimum atomic E-state index is -0.115. The molecule has 1 saturated carbocycles. The van der Waals surface area contributed by atoms with Crippen LogP contribution in [-0.2, 0) is 0 Å². The van der Waals surface area contributed by atoms with E-state index in [4.69, 9.17) is 5.53 Å². The first-order valence-electron chi connectivity index (χ1n) is 6.21. The normalized spacial score (nSPS) is 31.1. The minimum Gasteiger partial charge on any atom is -0.393 e. The van der Waals surface area contributed by atoms with Gasteiger partial charge in [-0.3, -0.25) is 0 Å². The van der Waals surface area contributed by atoms with Crippen molar-refractivity contribution in [1.82, 2.24) is 4.90 Å². The van der Waals surface area contributed by atoms with Crippen molar-refractivity contribution in [2.45, 2.75) is 31.8 Å². The van der Waals surface area contributed by atoms with E-state index in [9.17, 15) is 5.11 Å². The molecule has 1 aliphatic carbocycles. The summed E-state index contributed by atoms with van der Waals surface area (Å²) in [4.78, 5) is 5.08. The van der Waals surface area contributed by atoms with Gasteiger partial charge >= 0.3 is 0 Å². The van der Waals surface area contributed by atoms with E-state index in [2.05, 4.69) is 14.9 Å². The van der Waals surface area contributed by atoms with Crippen LogP contribution in [0, 0.1) is 11.8 Å². The summed E-state index contributed by atoms with van der Waals surface area (Å²) in [5.74, 6) is 1.31. The van der Waals surface area contributed by atoms with Crippen LogP contribution in [0.25, 0.3) is 10.4 Å². The van der Waals surface area contributed by atoms with Gasteiger partial charge in [0.1, 0.15) is 0 Å².